The Balaban J connectivity index is 2.09. The molecule has 7 heteroatoms. The zero-order chi connectivity index (χ0) is 13.9. The summed E-state index contributed by atoms with van der Waals surface area (Å²) in [4.78, 5) is 6.46. The smallest absolute Gasteiger partial charge is 0.239 e. The van der Waals surface area contributed by atoms with Crippen molar-refractivity contribution < 1.29 is 8.42 Å². The van der Waals surface area contributed by atoms with E-state index < -0.39 is 10.0 Å². The van der Waals surface area contributed by atoms with E-state index in [9.17, 15) is 8.42 Å². The maximum absolute atomic E-state index is 11.2. The molecule has 3 N–H and O–H groups in total. The molecule has 0 aromatic carbocycles. The quantitative estimate of drug-likeness (QED) is 0.822. The highest BCUT2D eigenvalue weighted by Crippen LogP contribution is 2.21. The zero-order valence-electron chi connectivity index (χ0n) is 11.0. The number of nitrogens with two attached hydrogens (primary N) is 1. The van der Waals surface area contributed by atoms with Crippen molar-refractivity contribution in [2.45, 2.75) is 17.7 Å². The lowest BCUT2D eigenvalue weighted by atomic mass is 9.98. The Hall–Kier alpha value is -1.18. The number of piperidine rings is 1. The van der Waals surface area contributed by atoms with Gasteiger partial charge in [0, 0.05) is 19.3 Å². The number of hydrogen-bond acceptors (Lipinski definition) is 5. The number of aromatic nitrogens is 1. The average Bonchev–Trinajstić information content (AvgIpc) is 2.39. The van der Waals surface area contributed by atoms with Gasteiger partial charge in [0.15, 0.2) is 0 Å². The van der Waals surface area contributed by atoms with Gasteiger partial charge < -0.3 is 10.2 Å². The summed E-state index contributed by atoms with van der Waals surface area (Å²) in [7, 11) is -1.70. The lowest BCUT2D eigenvalue weighted by Crippen LogP contribution is -2.39. The molecule has 6 nitrogen and oxygen atoms in total. The molecule has 0 amide bonds. The van der Waals surface area contributed by atoms with Crippen LogP contribution in [0.3, 0.4) is 0 Å². The molecule has 1 aromatic heterocycles. The van der Waals surface area contributed by atoms with E-state index in [0.717, 1.165) is 31.9 Å². The first kappa shape index (κ1) is 14.2. The predicted octanol–water partition coefficient (Wildman–Crippen LogP) is 0.165. The van der Waals surface area contributed by atoms with E-state index in [1.807, 2.05) is 7.05 Å². The van der Waals surface area contributed by atoms with Crippen molar-refractivity contribution in [3.05, 3.63) is 18.3 Å². The second-order valence-corrected chi connectivity index (χ2v) is 6.47. The lowest BCUT2D eigenvalue weighted by molar-refractivity contribution is 0.401. The average molecular weight is 284 g/mol. The Labute approximate surface area is 114 Å². The van der Waals surface area contributed by atoms with Gasteiger partial charge in [-0.25, -0.2) is 18.5 Å². The number of anilines is 1. The van der Waals surface area contributed by atoms with Gasteiger partial charge in [-0.2, -0.15) is 0 Å². The van der Waals surface area contributed by atoms with Crippen molar-refractivity contribution >= 4 is 15.8 Å². The standard InChI is InChI=1S/C12H20N4O2S/c1-14-7-10-3-2-6-16(9-10)12-5-4-11(8-15-12)19(13,17)18/h4-5,8,10,14H,2-3,6-7,9H2,1H3,(H2,13,17,18). The fourth-order valence-corrected chi connectivity index (χ4v) is 2.91. The van der Waals surface area contributed by atoms with Gasteiger partial charge in [-0.15, -0.1) is 0 Å². The minimum Gasteiger partial charge on any atom is -0.356 e. The maximum atomic E-state index is 11.2. The molecule has 2 rings (SSSR count). The van der Waals surface area contributed by atoms with E-state index >= 15 is 0 Å². The minimum absolute atomic E-state index is 0.0556. The van der Waals surface area contributed by atoms with Crippen molar-refractivity contribution in [1.29, 1.82) is 0 Å². The van der Waals surface area contributed by atoms with Gasteiger partial charge in [0.05, 0.1) is 0 Å². The molecule has 1 unspecified atom stereocenters. The van der Waals surface area contributed by atoms with E-state index in [1.54, 1.807) is 6.07 Å². The van der Waals surface area contributed by atoms with E-state index in [2.05, 4.69) is 15.2 Å². The van der Waals surface area contributed by atoms with Gasteiger partial charge >= 0.3 is 0 Å². The van der Waals surface area contributed by atoms with Crippen LogP contribution in [0.5, 0.6) is 0 Å². The van der Waals surface area contributed by atoms with Crippen LogP contribution >= 0.6 is 0 Å². The molecule has 1 atom stereocenters. The molecule has 1 aromatic rings. The Morgan fingerprint density at radius 1 is 1.53 bits per heavy atom. The fourth-order valence-electron chi connectivity index (χ4n) is 2.46. The zero-order valence-corrected chi connectivity index (χ0v) is 11.9. The Kier molecular flexibility index (Phi) is 4.38. The van der Waals surface area contributed by atoms with E-state index in [0.29, 0.717) is 5.92 Å². The highest BCUT2D eigenvalue weighted by molar-refractivity contribution is 7.89. The number of sulfonamides is 1. The van der Waals surface area contributed by atoms with Crippen LogP contribution in [-0.4, -0.2) is 40.1 Å². The third-order valence-electron chi connectivity index (χ3n) is 3.39. The highest BCUT2D eigenvalue weighted by Gasteiger charge is 2.20. The number of pyridine rings is 1. The van der Waals surface area contributed by atoms with Crippen LogP contribution < -0.4 is 15.4 Å². The molecular weight excluding hydrogens is 264 g/mol. The number of nitrogens with one attached hydrogen (secondary N) is 1. The molecule has 2 heterocycles. The second kappa shape index (κ2) is 5.85. The first-order valence-electron chi connectivity index (χ1n) is 6.39. The number of primary sulfonamides is 1. The molecule has 1 aliphatic rings. The first-order chi connectivity index (χ1) is 9.00. The van der Waals surface area contributed by atoms with Crippen LogP contribution in [0.25, 0.3) is 0 Å². The third kappa shape index (κ3) is 3.65. The van der Waals surface area contributed by atoms with Gasteiger partial charge in [-0.3, -0.25) is 0 Å². The molecule has 0 radical (unpaired) electrons. The van der Waals surface area contributed by atoms with E-state index in [4.69, 9.17) is 5.14 Å². The maximum Gasteiger partial charge on any atom is 0.239 e. The lowest BCUT2D eigenvalue weighted by Gasteiger charge is -2.33. The van der Waals surface area contributed by atoms with Gasteiger partial charge in [0.1, 0.15) is 10.7 Å². The minimum atomic E-state index is -3.66. The molecule has 0 bridgehead atoms. The van der Waals surface area contributed by atoms with Crippen LogP contribution in [-0.2, 0) is 10.0 Å². The largest absolute Gasteiger partial charge is 0.356 e. The second-order valence-electron chi connectivity index (χ2n) is 4.91. The Morgan fingerprint density at radius 3 is 2.89 bits per heavy atom. The molecule has 1 aliphatic heterocycles. The van der Waals surface area contributed by atoms with Crippen molar-refractivity contribution in [2.24, 2.45) is 11.1 Å². The van der Waals surface area contributed by atoms with E-state index in [-0.39, 0.29) is 4.90 Å². The highest BCUT2D eigenvalue weighted by atomic mass is 32.2. The summed E-state index contributed by atoms with van der Waals surface area (Å²) in [5.74, 6) is 1.42. The van der Waals surface area contributed by atoms with Crippen LogP contribution in [0.4, 0.5) is 5.82 Å². The molecular formula is C12H20N4O2S. The molecule has 0 saturated carbocycles. The van der Waals surface area contributed by atoms with Crippen LogP contribution in [0.2, 0.25) is 0 Å². The van der Waals surface area contributed by atoms with Gasteiger partial charge in [-0.1, -0.05) is 0 Å². The van der Waals surface area contributed by atoms with Crippen molar-refractivity contribution in [3.63, 3.8) is 0 Å². The SMILES string of the molecule is CNCC1CCCN(c2ccc(S(N)(=O)=O)cn2)C1. The summed E-state index contributed by atoms with van der Waals surface area (Å²) >= 11 is 0. The van der Waals surface area contributed by atoms with E-state index in [1.165, 1.54) is 18.7 Å². The summed E-state index contributed by atoms with van der Waals surface area (Å²) in [6.45, 7) is 2.90. The molecule has 19 heavy (non-hydrogen) atoms. The van der Waals surface area contributed by atoms with Gasteiger partial charge in [0.25, 0.3) is 0 Å². The summed E-state index contributed by atoms with van der Waals surface area (Å²) < 4.78 is 22.3. The predicted molar refractivity (Wildman–Crippen MR) is 74.5 cm³/mol. The van der Waals surface area contributed by atoms with Crippen LogP contribution in [0.1, 0.15) is 12.8 Å². The Morgan fingerprint density at radius 2 is 2.32 bits per heavy atom. The third-order valence-corrected chi connectivity index (χ3v) is 4.28. The summed E-state index contributed by atoms with van der Waals surface area (Å²) in [6.07, 6.45) is 3.67. The number of nitrogens with zero attached hydrogens (tertiary/aromatic N) is 2. The summed E-state index contributed by atoms with van der Waals surface area (Å²) in [5, 5.41) is 8.25. The first-order valence-corrected chi connectivity index (χ1v) is 7.94. The van der Waals surface area contributed by atoms with Crippen molar-refractivity contribution in [1.82, 2.24) is 10.3 Å². The monoisotopic (exact) mass is 284 g/mol. The molecule has 106 valence electrons. The summed E-state index contributed by atoms with van der Waals surface area (Å²) in [6, 6.07) is 3.24. The molecule has 1 fully saturated rings. The summed E-state index contributed by atoms with van der Waals surface area (Å²) in [5.41, 5.74) is 0. The molecule has 0 spiro atoms. The van der Waals surface area contributed by atoms with Gasteiger partial charge in [0.2, 0.25) is 10.0 Å². The van der Waals surface area contributed by atoms with Gasteiger partial charge in [-0.05, 0) is 44.5 Å². The number of hydrogen-bond donors (Lipinski definition) is 2. The van der Waals surface area contributed by atoms with Crippen LogP contribution in [0, 0.1) is 5.92 Å². The normalized spacial score (nSPS) is 20.5. The van der Waals surface area contributed by atoms with Crippen LogP contribution in [0.15, 0.2) is 23.2 Å². The molecule has 1 saturated heterocycles. The fraction of sp³-hybridized carbons (Fsp3) is 0.583. The number of rotatable bonds is 4. The Bertz CT molecular complexity index is 513. The van der Waals surface area contributed by atoms with Crippen molar-refractivity contribution in [3.8, 4) is 0 Å². The topological polar surface area (TPSA) is 88.3 Å². The van der Waals surface area contributed by atoms with Crippen molar-refractivity contribution in [2.75, 3.05) is 31.6 Å². The molecule has 0 aliphatic carbocycles.